The molecule has 0 aliphatic carbocycles. The summed E-state index contributed by atoms with van der Waals surface area (Å²) in [7, 11) is 3.46. The number of hydrogen-bond acceptors (Lipinski definition) is 4. The third-order valence-electron chi connectivity index (χ3n) is 1.95. The van der Waals surface area contributed by atoms with Crippen LogP contribution in [0.2, 0.25) is 0 Å². The Morgan fingerprint density at radius 2 is 2.50 bits per heavy atom. The van der Waals surface area contributed by atoms with Gasteiger partial charge < -0.3 is 10.1 Å². The molecule has 1 rings (SSSR count). The molecular formula is C9H15N3O2. The van der Waals surface area contributed by atoms with Gasteiger partial charge in [-0.25, -0.2) is 4.68 Å². The van der Waals surface area contributed by atoms with E-state index < -0.39 is 0 Å². The van der Waals surface area contributed by atoms with Crippen LogP contribution in [0.4, 0.5) is 0 Å². The Kier molecular flexibility index (Phi) is 4.28. The molecule has 1 heterocycles. The van der Waals surface area contributed by atoms with E-state index in [1.54, 1.807) is 19.4 Å². The number of rotatable bonds is 5. The Hall–Kier alpha value is -1.20. The van der Waals surface area contributed by atoms with Crippen molar-refractivity contribution < 1.29 is 4.74 Å². The maximum atomic E-state index is 11.3. The molecule has 0 radical (unpaired) electrons. The average molecular weight is 197 g/mol. The largest absolute Gasteiger partial charge is 0.383 e. The smallest absolute Gasteiger partial charge is 0.266 e. The van der Waals surface area contributed by atoms with Crippen LogP contribution in [0.5, 0.6) is 0 Å². The van der Waals surface area contributed by atoms with Gasteiger partial charge in [0.1, 0.15) is 0 Å². The van der Waals surface area contributed by atoms with Crippen molar-refractivity contribution in [3.63, 3.8) is 0 Å². The molecule has 0 saturated heterocycles. The second-order valence-electron chi connectivity index (χ2n) is 2.98. The molecule has 1 atom stereocenters. The van der Waals surface area contributed by atoms with Crippen molar-refractivity contribution in [2.75, 3.05) is 20.8 Å². The normalized spacial score (nSPS) is 12.7. The molecule has 0 bridgehead atoms. The van der Waals surface area contributed by atoms with Gasteiger partial charge in [-0.15, -0.1) is 0 Å². The second-order valence-corrected chi connectivity index (χ2v) is 2.98. The van der Waals surface area contributed by atoms with E-state index in [9.17, 15) is 4.79 Å². The fraction of sp³-hybridized carbons (Fsp3) is 0.556. The number of hydrogen-bond donors (Lipinski definition) is 1. The first-order chi connectivity index (χ1) is 6.77. The van der Waals surface area contributed by atoms with Crippen molar-refractivity contribution in [3.05, 3.63) is 28.7 Å². The number of methoxy groups -OCH3 is 1. The van der Waals surface area contributed by atoms with Crippen LogP contribution in [0.1, 0.15) is 0 Å². The molecule has 5 nitrogen and oxygen atoms in total. The molecule has 0 amide bonds. The Balaban J connectivity index is 2.67. The molecule has 78 valence electrons. The molecule has 0 aliphatic rings. The van der Waals surface area contributed by atoms with Crippen LogP contribution < -0.4 is 10.9 Å². The first-order valence-electron chi connectivity index (χ1n) is 4.46. The maximum absolute atomic E-state index is 11.3. The standard InChI is InChI=1S/C9H15N3O2/c1-10-8(7-14-2)6-12-9(13)4-3-5-11-12/h3-5,8,10H,6-7H2,1-2H3. The second kappa shape index (κ2) is 5.51. The molecule has 1 N–H and O–H groups in total. The molecule has 14 heavy (non-hydrogen) atoms. The Morgan fingerprint density at radius 1 is 1.71 bits per heavy atom. The summed E-state index contributed by atoms with van der Waals surface area (Å²) in [5.74, 6) is 0. The predicted octanol–water partition coefficient (Wildman–Crippen LogP) is -0.522. The van der Waals surface area contributed by atoms with Crippen LogP contribution in [0.15, 0.2) is 23.1 Å². The zero-order valence-corrected chi connectivity index (χ0v) is 8.43. The van der Waals surface area contributed by atoms with Crippen LogP contribution in [-0.4, -0.2) is 36.6 Å². The minimum absolute atomic E-state index is 0.0937. The van der Waals surface area contributed by atoms with Gasteiger partial charge >= 0.3 is 0 Å². The van der Waals surface area contributed by atoms with Crippen molar-refractivity contribution in [2.24, 2.45) is 0 Å². The lowest BCUT2D eigenvalue weighted by Gasteiger charge is -2.15. The van der Waals surface area contributed by atoms with E-state index in [0.29, 0.717) is 13.2 Å². The highest BCUT2D eigenvalue weighted by molar-refractivity contribution is 4.85. The van der Waals surface area contributed by atoms with E-state index in [2.05, 4.69) is 10.4 Å². The zero-order chi connectivity index (χ0) is 10.4. The maximum Gasteiger partial charge on any atom is 0.266 e. The quantitative estimate of drug-likeness (QED) is 0.690. The van der Waals surface area contributed by atoms with Gasteiger partial charge in [0.2, 0.25) is 0 Å². The van der Waals surface area contributed by atoms with Gasteiger partial charge in [0.05, 0.1) is 13.2 Å². The van der Waals surface area contributed by atoms with Crippen LogP contribution in [0, 0.1) is 0 Å². The SMILES string of the molecule is CNC(COC)Cn1ncccc1=O. The van der Waals surface area contributed by atoms with E-state index in [1.807, 2.05) is 7.05 Å². The third kappa shape index (κ3) is 2.93. The van der Waals surface area contributed by atoms with E-state index in [4.69, 9.17) is 4.74 Å². The van der Waals surface area contributed by atoms with Crippen LogP contribution >= 0.6 is 0 Å². The summed E-state index contributed by atoms with van der Waals surface area (Å²) < 4.78 is 6.42. The monoisotopic (exact) mass is 197 g/mol. The van der Waals surface area contributed by atoms with Gasteiger partial charge in [0, 0.05) is 25.4 Å². The molecule has 0 saturated carbocycles. The fourth-order valence-corrected chi connectivity index (χ4v) is 1.16. The Morgan fingerprint density at radius 3 is 3.07 bits per heavy atom. The van der Waals surface area contributed by atoms with Gasteiger partial charge in [-0.05, 0) is 13.1 Å². The summed E-state index contributed by atoms with van der Waals surface area (Å²) in [4.78, 5) is 11.3. The van der Waals surface area contributed by atoms with E-state index in [-0.39, 0.29) is 11.6 Å². The van der Waals surface area contributed by atoms with Crippen molar-refractivity contribution in [3.8, 4) is 0 Å². The molecule has 5 heteroatoms. The molecule has 1 aromatic rings. The molecule has 0 aliphatic heterocycles. The Labute approximate surface area is 82.7 Å². The van der Waals surface area contributed by atoms with Crippen LogP contribution in [0.25, 0.3) is 0 Å². The molecule has 0 aromatic carbocycles. The zero-order valence-electron chi connectivity index (χ0n) is 8.43. The van der Waals surface area contributed by atoms with Crippen LogP contribution in [0.3, 0.4) is 0 Å². The van der Waals surface area contributed by atoms with E-state index >= 15 is 0 Å². The molecule has 1 unspecified atom stereocenters. The minimum Gasteiger partial charge on any atom is -0.383 e. The number of aromatic nitrogens is 2. The van der Waals surface area contributed by atoms with Gasteiger partial charge in [-0.2, -0.15) is 5.10 Å². The topological polar surface area (TPSA) is 56.1 Å². The fourth-order valence-electron chi connectivity index (χ4n) is 1.16. The number of nitrogens with one attached hydrogen (secondary N) is 1. The lowest BCUT2D eigenvalue weighted by Crippen LogP contribution is -2.38. The van der Waals surface area contributed by atoms with Gasteiger partial charge in [-0.1, -0.05) is 0 Å². The van der Waals surface area contributed by atoms with Gasteiger partial charge in [0.25, 0.3) is 5.56 Å². The van der Waals surface area contributed by atoms with E-state index in [0.717, 1.165) is 0 Å². The molecular weight excluding hydrogens is 182 g/mol. The average Bonchev–Trinajstić information content (AvgIpc) is 2.20. The van der Waals surface area contributed by atoms with Gasteiger partial charge in [0.15, 0.2) is 0 Å². The highest BCUT2D eigenvalue weighted by atomic mass is 16.5. The molecule has 1 aromatic heterocycles. The highest BCUT2D eigenvalue weighted by Gasteiger charge is 2.07. The van der Waals surface area contributed by atoms with Crippen molar-refractivity contribution in [2.45, 2.75) is 12.6 Å². The number of nitrogens with zero attached hydrogens (tertiary/aromatic N) is 2. The van der Waals surface area contributed by atoms with E-state index in [1.165, 1.54) is 10.7 Å². The number of likely N-dealkylation sites (N-methyl/N-ethyl adjacent to an activating group) is 1. The summed E-state index contributed by atoms with van der Waals surface area (Å²) in [5, 5.41) is 7.01. The molecule has 0 spiro atoms. The summed E-state index contributed by atoms with van der Waals surface area (Å²) in [5.41, 5.74) is -0.0937. The molecule has 0 fully saturated rings. The summed E-state index contributed by atoms with van der Waals surface area (Å²) in [6.45, 7) is 1.07. The van der Waals surface area contributed by atoms with Crippen molar-refractivity contribution in [1.82, 2.24) is 15.1 Å². The van der Waals surface area contributed by atoms with Crippen molar-refractivity contribution in [1.29, 1.82) is 0 Å². The number of ether oxygens (including phenoxy) is 1. The van der Waals surface area contributed by atoms with Gasteiger partial charge in [-0.3, -0.25) is 4.79 Å². The Bertz CT molecular complexity index is 324. The first-order valence-corrected chi connectivity index (χ1v) is 4.46. The summed E-state index contributed by atoms with van der Waals surface area (Å²) in [6, 6.07) is 3.23. The first kappa shape index (κ1) is 10.9. The predicted molar refractivity (Wildman–Crippen MR) is 53.2 cm³/mol. The summed E-state index contributed by atoms with van der Waals surface area (Å²) >= 11 is 0. The lowest BCUT2D eigenvalue weighted by atomic mass is 10.3. The third-order valence-corrected chi connectivity index (χ3v) is 1.95. The summed E-state index contributed by atoms with van der Waals surface area (Å²) in [6.07, 6.45) is 1.60. The lowest BCUT2D eigenvalue weighted by molar-refractivity contribution is 0.159. The highest BCUT2D eigenvalue weighted by Crippen LogP contribution is 1.87. The van der Waals surface area contributed by atoms with Crippen LogP contribution in [-0.2, 0) is 11.3 Å². The minimum atomic E-state index is -0.0937. The van der Waals surface area contributed by atoms with Crippen molar-refractivity contribution >= 4 is 0 Å².